The lowest BCUT2D eigenvalue weighted by molar-refractivity contribution is -0.201. The van der Waals surface area contributed by atoms with Crippen LogP contribution in [0.15, 0.2) is 48.5 Å². The number of hydrogen-bond acceptors (Lipinski definition) is 3. The van der Waals surface area contributed by atoms with Gasteiger partial charge >= 0.3 is 0 Å². The lowest BCUT2D eigenvalue weighted by atomic mass is 10.0. The van der Waals surface area contributed by atoms with E-state index in [1.165, 1.54) is 6.21 Å². The Labute approximate surface area is 158 Å². The van der Waals surface area contributed by atoms with Gasteiger partial charge in [0.1, 0.15) is 0 Å². The number of nitrogens with one attached hydrogen (secondary N) is 1. The first kappa shape index (κ1) is 18.4. The van der Waals surface area contributed by atoms with Gasteiger partial charge in [-0.15, -0.1) is 0 Å². The van der Waals surface area contributed by atoms with Crippen molar-refractivity contribution in [2.75, 3.05) is 0 Å². The van der Waals surface area contributed by atoms with Crippen LogP contribution in [0.1, 0.15) is 36.5 Å². The predicted octanol–water partition coefficient (Wildman–Crippen LogP) is 5.84. The fourth-order valence-corrected chi connectivity index (χ4v) is 3.58. The molecule has 25 heavy (non-hydrogen) atoms. The average molecular weight is 378 g/mol. The normalized spacial score (nSPS) is 21.7. The van der Waals surface area contributed by atoms with Crippen molar-refractivity contribution in [3.05, 3.63) is 69.7 Å². The zero-order valence-electron chi connectivity index (χ0n) is 13.8. The van der Waals surface area contributed by atoms with Gasteiger partial charge in [-0.05, 0) is 42.5 Å². The molecule has 1 aliphatic heterocycles. The molecule has 1 aliphatic rings. The number of ether oxygens (including phenoxy) is 2. The quantitative estimate of drug-likeness (QED) is 0.642. The summed E-state index contributed by atoms with van der Waals surface area (Å²) in [7, 11) is 0. The standard InChI is InChI=1S/C20H21Cl2NO2/c21-15-9-10-17(18(22)12-15)19(11-14-5-2-1-3-6-14)25-20-8-4-7-16(13-23)24-20/h1-3,5-6,9-10,12-13,16,19-20,23H,4,7-8,11H2. The molecule has 132 valence electrons. The van der Waals surface area contributed by atoms with Crippen LogP contribution in [0.3, 0.4) is 0 Å². The maximum Gasteiger partial charge on any atom is 0.159 e. The van der Waals surface area contributed by atoms with Crippen molar-refractivity contribution in [2.24, 2.45) is 0 Å². The average Bonchev–Trinajstić information content (AvgIpc) is 2.62. The smallest absolute Gasteiger partial charge is 0.159 e. The van der Waals surface area contributed by atoms with Gasteiger partial charge in [0.25, 0.3) is 0 Å². The first-order valence-electron chi connectivity index (χ1n) is 8.46. The minimum absolute atomic E-state index is 0.170. The van der Waals surface area contributed by atoms with Crippen LogP contribution in [0.4, 0.5) is 0 Å². The molecular weight excluding hydrogens is 357 g/mol. The summed E-state index contributed by atoms with van der Waals surface area (Å²) in [5, 5.41) is 8.62. The summed E-state index contributed by atoms with van der Waals surface area (Å²) in [6.07, 6.45) is 3.97. The highest BCUT2D eigenvalue weighted by atomic mass is 35.5. The highest BCUT2D eigenvalue weighted by molar-refractivity contribution is 6.35. The molecule has 0 radical (unpaired) electrons. The molecule has 0 aliphatic carbocycles. The summed E-state index contributed by atoms with van der Waals surface area (Å²) in [4.78, 5) is 0. The van der Waals surface area contributed by atoms with E-state index in [1.54, 1.807) is 6.07 Å². The number of rotatable bonds is 6. The fraction of sp³-hybridized carbons (Fsp3) is 0.350. The topological polar surface area (TPSA) is 42.3 Å². The molecule has 2 aromatic rings. The van der Waals surface area contributed by atoms with E-state index < -0.39 is 0 Å². The maximum absolute atomic E-state index is 7.43. The summed E-state index contributed by atoms with van der Waals surface area (Å²) in [5.41, 5.74) is 2.06. The van der Waals surface area contributed by atoms with Crippen LogP contribution in [0.25, 0.3) is 0 Å². The molecule has 0 spiro atoms. The Morgan fingerprint density at radius 1 is 1.16 bits per heavy atom. The molecule has 2 aromatic carbocycles. The minimum atomic E-state index is -0.333. The Morgan fingerprint density at radius 3 is 2.68 bits per heavy atom. The van der Waals surface area contributed by atoms with Gasteiger partial charge in [0.2, 0.25) is 0 Å². The van der Waals surface area contributed by atoms with Crippen molar-refractivity contribution in [1.82, 2.24) is 0 Å². The van der Waals surface area contributed by atoms with Crippen LogP contribution < -0.4 is 0 Å². The van der Waals surface area contributed by atoms with E-state index in [2.05, 4.69) is 12.1 Å². The van der Waals surface area contributed by atoms with Gasteiger partial charge in [-0.2, -0.15) is 0 Å². The monoisotopic (exact) mass is 377 g/mol. The molecule has 1 heterocycles. The Balaban J connectivity index is 1.82. The van der Waals surface area contributed by atoms with Gasteiger partial charge in [-0.1, -0.05) is 59.6 Å². The molecule has 3 atom stereocenters. The van der Waals surface area contributed by atoms with Crippen LogP contribution in [0.2, 0.25) is 10.0 Å². The number of hydrogen-bond donors (Lipinski definition) is 1. The lowest BCUT2D eigenvalue weighted by Crippen LogP contribution is -2.32. The molecule has 3 rings (SSSR count). The molecule has 0 bridgehead atoms. The van der Waals surface area contributed by atoms with Gasteiger partial charge in [-0.3, -0.25) is 0 Å². The summed E-state index contributed by atoms with van der Waals surface area (Å²) in [6, 6.07) is 15.6. The largest absolute Gasteiger partial charge is 0.344 e. The van der Waals surface area contributed by atoms with Gasteiger partial charge in [0.05, 0.1) is 12.2 Å². The predicted molar refractivity (Wildman–Crippen MR) is 102 cm³/mol. The highest BCUT2D eigenvalue weighted by Crippen LogP contribution is 2.33. The third kappa shape index (κ3) is 5.05. The van der Waals surface area contributed by atoms with Gasteiger partial charge in [-0.25, -0.2) is 0 Å². The van der Waals surface area contributed by atoms with E-state index in [4.69, 9.17) is 38.1 Å². The van der Waals surface area contributed by atoms with Crippen LogP contribution in [-0.2, 0) is 15.9 Å². The first-order valence-corrected chi connectivity index (χ1v) is 9.21. The minimum Gasteiger partial charge on any atom is -0.344 e. The second-order valence-electron chi connectivity index (χ2n) is 6.18. The second-order valence-corrected chi connectivity index (χ2v) is 7.03. The Bertz CT molecular complexity index is 708. The van der Waals surface area contributed by atoms with E-state index in [-0.39, 0.29) is 18.5 Å². The summed E-state index contributed by atoms with van der Waals surface area (Å²) >= 11 is 12.5. The van der Waals surface area contributed by atoms with Crippen molar-refractivity contribution in [3.63, 3.8) is 0 Å². The highest BCUT2D eigenvalue weighted by Gasteiger charge is 2.26. The van der Waals surface area contributed by atoms with E-state index in [0.29, 0.717) is 16.5 Å². The molecule has 1 saturated heterocycles. The zero-order valence-corrected chi connectivity index (χ0v) is 15.3. The number of benzene rings is 2. The third-order valence-corrected chi connectivity index (χ3v) is 4.89. The van der Waals surface area contributed by atoms with Gasteiger partial charge in [0.15, 0.2) is 6.29 Å². The van der Waals surface area contributed by atoms with Crippen molar-refractivity contribution in [1.29, 1.82) is 5.41 Å². The number of halogens is 2. The van der Waals surface area contributed by atoms with Gasteiger partial charge in [0, 0.05) is 22.7 Å². The van der Waals surface area contributed by atoms with Crippen LogP contribution >= 0.6 is 23.2 Å². The van der Waals surface area contributed by atoms with E-state index >= 15 is 0 Å². The molecule has 0 saturated carbocycles. The third-order valence-electron chi connectivity index (χ3n) is 4.33. The van der Waals surface area contributed by atoms with Gasteiger partial charge < -0.3 is 14.9 Å². The van der Waals surface area contributed by atoms with E-state index in [9.17, 15) is 0 Å². The molecule has 0 aromatic heterocycles. The molecule has 1 N–H and O–H groups in total. The molecular formula is C20H21Cl2NO2. The first-order chi connectivity index (χ1) is 12.2. The van der Waals surface area contributed by atoms with Crippen LogP contribution in [-0.4, -0.2) is 18.6 Å². The van der Waals surface area contributed by atoms with E-state index in [0.717, 1.165) is 30.4 Å². The zero-order chi connectivity index (χ0) is 17.6. The van der Waals surface area contributed by atoms with Crippen LogP contribution in [0.5, 0.6) is 0 Å². The summed E-state index contributed by atoms with van der Waals surface area (Å²) < 4.78 is 12.1. The van der Waals surface area contributed by atoms with Crippen molar-refractivity contribution >= 4 is 29.4 Å². The molecule has 1 fully saturated rings. The van der Waals surface area contributed by atoms with Crippen molar-refractivity contribution < 1.29 is 9.47 Å². The molecule has 5 heteroatoms. The second kappa shape index (κ2) is 8.81. The fourth-order valence-electron chi connectivity index (χ4n) is 3.04. The summed E-state index contributed by atoms with van der Waals surface area (Å²) in [5.74, 6) is 0. The molecule has 3 unspecified atom stereocenters. The van der Waals surface area contributed by atoms with E-state index in [1.807, 2.05) is 30.3 Å². The Kier molecular flexibility index (Phi) is 6.49. The molecule has 3 nitrogen and oxygen atoms in total. The molecule has 0 amide bonds. The Hall–Kier alpha value is -1.39. The van der Waals surface area contributed by atoms with Crippen molar-refractivity contribution in [3.8, 4) is 0 Å². The maximum atomic E-state index is 7.43. The van der Waals surface area contributed by atoms with Crippen molar-refractivity contribution in [2.45, 2.75) is 44.2 Å². The van der Waals surface area contributed by atoms with Crippen LogP contribution in [0, 0.1) is 5.41 Å². The Morgan fingerprint density at radius 2 is 1.96 bits per heavy atom. The summed E-state index contributed by atoms with van der Waals surface area (Å²) in [6.45, 7) is 0. The lowest BCUT2D eigenvalue weighted by Gasteiger charge is -2.31. The SMILES string of the molecule is N=CC1CCCC(OC(Cc2ccccc2)c2ccc(Cl)cc2Cl)O1.